The second-order valence-electron chi connectivity index (χ2n) is 5.59. The van der Waals surface area contributed by atoms with E-state index in [0.717, 1.165) is 0 Å². The molecule has 0 bridgehead atoms. The van der Waals surface area contributed by atoms with Crippen molar-refractivity contribution < 1.29 is 47.9 Å². The van der Waals surface area contributed by atoms with E-state index in [4.69, 9.17) is 30.9 Å². The van der Waals surface area contributed by atoms with E-state index in [0.29, 0.717) is 5.56 Å². The van der Waals surface area contributed by atoms with Gasteiger partial charge in [0.2, 0.25) is 0 Å². The van der Waals surface area contributed by atoms with Crippen LogP contribution in [0.25, 0.3) is 0 Å². The van der Waals surface area contributed by atoms with Crippen LogP contribution in [0.1, 0.15) is 18.0 Å². The smallest absolute Gasteiger partial charge is 0.335 e. The molecule has 0 unspecified atom stereocenters. The Bertz CT molecular complexity index is 636. The molecule has 0 saturated carbocycles. The molecule has 1 aliphatic rings. The number of carboxylic acid groups (broad SMARTS) is 2. The summed E-state index contributed by atoms with van der Waals surface area (Å²) in [4.78, 5) is 19.5. The number of aliphatic carboxylic acids is 2. The van der Waals surface area contributed by atoms with Gasteiger partial charge in [0.05, 0.1) is 0 Å². The molecule has 11 heteroatoms. The number of carboxylic acids is 2. The number of benzene rings is 1. The van der Waals surface area contributed by atoms with Crippen LogP contribution < -0.4 is 10.5 Å². The van der Waals surface area contributed by atoms with E-state index in [1.165, 1.54) is 12.1 Å². The Kier molecular flexibility index (Phi) is 7.36. The summed E-state index contributed by atoms with van der Waals surface area (Å²) in [5.41, 5.74) is 4.59. The lowest BCUT2D eigenvalue weighted by Gasteiger charge is -2.37. The number of aliphatic hydroxyl groups excluding tert-OH is 2. The Morgan fingerprint density at radius 1 is 1.19 bits per heavy atom. The fourth-order valence-electron chi connectivity index (χ4n) is 2.16. The first-order chi connectivity index (χ1) is 12.1. The first-order valence-electron chi connectivity index (χ1n) is 7.25. The highest BCUT2D eigenvalue weighted by Crippen LogP contribution is 2.40. The van der Waals surface area contributed by atoms with E-state index >= 15 is 0 Å². The topological polar surface area (TPSA) is 150 Å². The summed E-state index contributed by atoms with van der Waals surface area (Å²) < 4.78 is 44.1. The lowest BCUT2D eigenvalue weighted by molar-refractivity contribution is -0.165. The zero-order valence-electron chi connectivity index (χ0n) is 13.3. The number of ether oxygens (including phenoxy) is 1. The maximum atomic E-state index is 13.4. The van der Waals surface area contributed by atoms with Crippen molar-refractivity contribution in [2.75, 3.05) is 13.3 Å². The predicted molar refractivity (Wildman–Crippen MR) is 80.5 cm³/mol. The first kappa shape index (κ1) is 21.7. The number of aliphatic hydroxyl groups is 2. The van der Waals surface area contributed by atoms with Crippen LogP contribution in [-0.2, 0) is 9.59 Å². The Morgan fingerprint density at radius 3 is 2.12 bits per heavy atom. The number of halogens is 3. The zero-order valence-corrected chi connectivity index (χ0v) is 13.3. The fraction of sp³-hybridized carbons (Fsp3) is 0.467. The quantitative estimate of drug-likeness (QED) is 0.484. The van der Waals surface area contributed by atoms with Gasteiger partial charge >= 0.3 is 11.9 Å². The van der Waals surface area contributed by atoms with Crippen LogP contribution in [0.4, 0.5) is 13.2 Å². The summed E-state index contributed by atoms with van der Waals surface area (Å²) in [7, 11) is 0. The summed E-state index contributed by atoms with van der Waals surface area (Å²) in [6, 6.07) is 3.67. The third kappa shape index (κ3) is 4.84. The van der Waals surface area contributed by atoms with E-state index in [1.807, 2.05) is 0 Å². The van der Waals surface area contributed by atoms with Crippen molar-refractivity contribution in [3.05, 3.63) is 29.6 Å². The van der Waals surface area contributed by atoms with Crippen LogP contribution in [0.2, 0.25) is 0 Å². The summed E-state index contributed by atoms with van der Waals surface area (Å²) in [5.74, 6) is -4.31. The van der Waals surface area contributed by atoms with Gasteiger partial charge in [-0.15, -0.1) is 0 Å². The van der Waals surface area contributed by atoms with Crippen LogP contribution in [0, 0.1) is 5.82 Å². The molecule has 3 atom stereocenters. The van der Waals surface area contributed by atoms with Crippen LogP contribution in [-0.4, -0.2) is 63.5 Å². The van der Waals surface area contributed by atoms with Gasteiger partial charge in [0.15, 0.2) is 29.4 Å². The van der Waals surface area contributed by atoms with Crippen LogP contribution in [0.3, 0.4) is 0 Å². The highest BCUT2D eigenvalue weighted by atomic mass is 19.1. The SMILES string of the molecule is N[C@@H]1CC(CF)(CF)Oc2c(F)cccc21.O=C(O)[C@@H](O)[C@H](O)C(=O)O. The summed E-state index contributed by atoms with van der Waals surface area (Å²) >= 11 is 0. The van der Waals surface area contributed by atoms with Gasteiger partial charge in [0, 0.05) is 18.0 Å². The third-order valence-corrected chi connectivity index (χ3v) is 3.60. The average Bonchev–Trinajstić information content (AvgIpc) is 2.61. The molecular formula is C15H18F3NO7. The van der Waals surface area contributed by atoms with E-state index < -0.39 is 55.0 Å². The summed E-state index contributed by atoms with van der Waals surface area (Å²) in [6.07, 6.45) is -4.52. The molecule has 1 heterocycles. The van der Waals surface area contributed by atoms with E-state index in [-0.39, 0.29) is 12.2 Å². The normalized spacial score (nSPS) is 19.8. The van der Waals surface area contributed by atoms with E-state index in [1.54, 1.807) is 6.07 Å². The van der Waals surface area contributed by atoms with Crippen LogP contribution in [0.5, 0.6) is 5.75 Å². The molecule has 8 nitrogen and oxygen atoms in total. The molecule has 0 fully saturated rings. The molecule has 1 aromatic carbocycles. The van der Waals surface area contributed by atoms with Crippen molar-refractivity contribution in [1.82, 2.24) is 0 Å². The van der Waals surface area contributed by atoms with Crippen molar-refractivity contribution in [1.29, 1.82) is 0 Å². The Morgan fingerprint density at radius 2 is 1.69 bits per heavy atom. The van der Waals surface area contributed by atoms with Gasteiger partial charge in [0.1, 0.15) is 13.3 Å². The molecule has 26 heavy (non-hydrogen) atoms. The van der Waals surface area contributed by atoms with Crippen molar-refractivity contribution in [2.24, 2.45) is 5.73 Å². The Balaban J connectivity index is 0.000000294. The monoisotopic (exact) mass is 381 g/mol. The summed E-state index contributed by atoms with van der Waals surface area (Å²) in [5, 5.41) is 32.5. The second-order valence-corrected chi connectivity index (χ2v) is 5.59. The molecular weight excluding hydrogens is 363 g/mol. The molecule has 0 aromatic heterocycles. The highest BCUT2D eigenvalue weighted by molar-refractivity contribution is 5.83. The maximum Gasteiger partial charge on any atom is 0.335 e. The highest BCUT2D eigenvalue weighted by Gasteiger charge is 2.41. The molecule has 0 amide bonds. The van der Waals surface area contributed by atoms with Crippen molar-refractivity contribution in [3.63, 3.8) is 0 Å². The van der Waals surface area contributed by atoms with Gasteiger partial charge in [-0.2, -0.15) is 0 Å². The van der Waals surface area contributed by atoms with Gasteiger partial charge in [0.25, 0.3) is 0 Å². The molecule has 0 saturated heterocycles. The van der Waals surface area contributed by atoms with Crippen molar-refractivity contribution in [2.45, 2.75) is 30.3 Å². The minimum Gasteiger partial charge on any atom is -0.479 e. The number of alkyl halides is 2. The number of fused-ring (bicyclic) bond motifs is 1. The van der Waals surface area contributed by atoms with Gasteiger partial charge < -0.3 is 30.9 Å². The molecule has 1 aromatic rings. The number of hydrogen-bond donors (Lipinski definition) is 5. The lowest BCUT2D eigenvalue weighted by Crippen LogP contribution is -2.47. The zero-order chi connectivity index (χ0) is 20.1. The Hall–Kier alpha value is -2.37. The standard InChI is InChI=1S/C11H12F3NO.C4H6O6/c12-5-11(6-13)4-9(15)7-2-1-3-8(14)10(7)16-11;5-1(3(7)8)2(6)4(9)10/h1-3,9H,4-6,15H2;1-2,5-6H,(H,7,8)(H,9,10)/t9-;1-,2-/m10/s1. The van der Waals surface area contributed by atoms with Crippen LogP contribution in [0.15, 0.2) is 18.2 Å². The van der Waals surface area contributed by atoms with Crippen molar-refractivity contribution in [3.8, 4) is 5.75 Å². The number of carbonyl (C=O) groups is 2. The molecule has 6 N–H and O–H groups in total. The molecule has 146 valence electrons. The van der Waals surface area contributed by atoms with Gasteiger partial charge in [-0.3, -0.25) is 0 Å². The number of nitrogens with two attached hydrogens (primary N) is 1. The molecule has 1 aliphatic heterocycles. The fourth-order valence-corrected chi connectivity index (χ4v) is 2.16. The molecule has 2 rings (SSSR count). The van der Waals surface area contributed by atoms with E-state index in [9.17, 15) is 22.8 Å². The minimum absolute atomic E-state index is 0.0104. The molecule has 0 radical (unpaired) electrons. The average molecular weight is 381 g/mol. The van der Waals surface area contributed by atoms with Gasteiger partial charge in [-0.25, -0.2) is 22.8 Å². The largest absolute Gasteiger partial charge is 0.479 e. The molecule has 0 spiro atoms. The van der Waals surface area contributed by atoms with E-state index in [2.05, 4.69) is 0 Å². The second kappa shape index (κ2) is 8.83. The van der Waals surface area contributed by atoms with Crippen LogP contribution >= 0.6 is 0 Å². The summed E-state index contributed by atoms with van der Waals surface area (Å²) in [6.45, 7) is -2.05. The minimum atomic E-state index is -2.27. The molecule has 0 aliphatic carbocycles. The van der Waals surface area contributed by atoms with Gasteiger partial charge in [-0.05, 0) is 6.07 Å². The first-order valence-corrected chi connectivity index (χ1v) is 7.25. The lowest BCUT2D eigenvalue weighted by atomic mass is 9.89. The maximum absolute atomic E-state index is 13.4. The Labute approximate surface area is 145 Å². The predicted octanol–water partition coefficient (Wildman–Crippen LogP) is 0.163. The number of hydrogen-bond acceptors (Lipinski definition) is 6. The van der Waals surface area contributed by atoms with Gasteiger partial charge in [-0.1, -0.05) is 12.1 Å². The number of para-hydroxylation sites is 1. The third-order valence-electron chi connectivity index (χ3n) is 3.60. The number of rotatable bonds is 5. The van der Waals surface area contributed by atoms with Crippen molar-refractivity contribution >= 4 is 11.9 Å².